The summed E-state index contributed by atoms with van der Waals surface area (Å²) in [5.74, 6) is 0.294. The molecule has 0 bridgehead atoms. The van der Waals surface area contributed by atoms with Crippen LogP contribution in [-0.2, 0) is 11.3 Å². The highest BCUT2D eigenvalue weighted by molar-refractivity contribution is 9.10. The first-order chi connectivity index (χ1) is 11.6. The highest BCUT2D eigenvalue weighted by Crippen LogP contribution is 2.27. The maximum Gasteiger partial charge on any atom is 0.258 e. The summed E-state index contributed by atoms with van der Waals surface area (Å²) in [6.45, 7) is 0.385. The lowest BCUT2D eigenvalue weighted by Gasteiger charge is -2.09. The van der Waals surface area contributed by atoms with Gasteiger partial charge >= 0.3 is 0 Å². The molecule has 0 aromatic heterocycles. The molecule has 3 aromatic rings. The summed E-state index contributed by atoms with van der Waals surface area (Å²) in [5, 5.41) is 5.65. The van der Waals surface area contributed by atoms with E-state index < -0.39 is 0 Å². The van der Waals surface area contributed by atoms with E-state index in [0.29, 0.717) is 17.3 Å². The first-order valence-electron chi connectivity index (χ1n) is 7.44. The molecule has 0 aliphatic heterocycles. The quantitative estimate of drug-likeness (QED) is 0.653. The number of amides is 1. The SMILES string of the molecule is O=C(COc1ccc(Br)cc1Cl)NCc1ccc2ccccc2c1. The summed E-state index contributed by atoms with van der Waals surface area (Å²) in [6.07, 6.45) is 0. The molecule has 0 aliphatic rings. The predicted octanol–water partition coefficient (Wildman–Crippen LogP) is 4.95. The Hall–Kier alpha value is -2.04. The highest BCUT2D eigenvalue weighted by atomic mass is 79.9. The number of fused-ring (bicyclic) bond motifs is 1. The fourth-order valence-corrected chi connectivity index (χ4v) is 3.06. The molecular weight excluding hydrogens is 390 g/mol. The topological polar surface area (TPSA) is 38.3 Å². The van der Waals surface area contributed by atoms with Gasteiger partial charge in [0.05, 0.1) is 5.02 Å². The van der Waals surface area contributed by atoms with Gasteiger partial charge in [-0.05, 0) is 40.6 Å². The number of nitrogens with one attached hydrogen (secondary N) is 1. The molecule has 0 unspecified atom stereocenters. The summed E-state index contributed by atoms with van der Waals surface area (Å²) in [4.78, 5) is 11.9. The van der Waals surface area contributed by atoms with Crippen molar-refractivity contribution >= 4 is 44.2 Å². The molecule has 122 valence electrons. The Morgan fingerprint density at radius 3 is 2.62 bits per heavy atom. The van der Waals surface area contributed by atoms with Crippen molar-refractivity contribution in [2.45, 2.75) is 6.54 Å². The van der Waals surface area contributed by atoms with Gasteiger partial charge in [-0.1, -0.05) is 63.9 Å². The maximum absolute atomic E-state index is 11.9. The Labute approximate surface area is 153 Å². The zero-order valence-electron chi connectivity index (χ0n) is 12.8. The van der Waals surface area contributed by atoms with Crippen molar-refractivity contribution < 1.29 is 9.53 Å². The Morgan fingerprint density at radius 1 is 1.04 bits per heavy atom. The Bertz CT molecular complexity index is 882. The Morgan fingerprint density at radius 2 is 1.83 bits per heavy atom. The van der Waals surface area contributed by atoms with Crippen molar-refractivity contribution in [3.05, 3.63) is 75.7 Å². The van der Waals surface area contributed by atoms with Crippen molar-refractivity contribution in [3.63, 3.8) is 0 Å². The number of ether oxygens (including phenoxy) is 1. The molecule has 3 aromatic carbocycles. The number of carbonyl (C=O) groups excluding carboxylic acids is 1. The Kier molecular flexibility index (Phi) is 5.38. The van der Waals surface area contributed by atoms with Crippen LogP contribution in [0.5, 0.6) is 5.75 Å². The molecule has 0 fully saturated rings. The van der Waals surface area contributed by atoms with Gasteiger partial charge in [-0.3, -0.25) is 4.79 Å². The number of rotatable bonds is 5. The normalized spacial score (nSPS) is 10.6. The van der Waals surface area contributed by atoms with Gasteiger partial charge in [0.1, 0.15) is 5.75 Å². The standard InChI is InChI=1S/C19H15BrClNO2/c20-16-7-8-18(17(21)10-16)24-12-19(23)22-11-13-5-6-14-3-1-2-4-15(14)9-13/h1-10H,11-12H2,(H,22,23). The van der Waals surface area contributed by atoms with Gasteiger partial charge in [-0.15, -0.1) is 0 Å². The van der Waals surface area contributed by atoms with E-state index in [4.69, 9.17) is 16.3 Å². The molecule has 5 heteroatoms. The van der Waals surface area contributed by atoms with Crippen LogP contribution in [0, 0.1) is 0 Å². The third-order valence-electron chi connectivity index (χ3n) is 3.56. The zero-order valence-corrected chi connectivity index (χ0v) is 15.1. The third kappa shape index (κ3) is 4.28. The van der Waals surface area contributed by atoms with Crippen molar-refractivity contribution in [2.75, 3.05) is 6.61 Å². The van der Waals surface area contributed by atoms with Crippen LogP contribution in [0.25, 0.3) is 10.8 Å². The number of halogens is 2. The third-order valence-corrected chi connectivity index (χ3v) is 4.34. The average Bonchev–Trinajstić information content (AvgIpc) is 2.59. The summed E-state index contributed by atoms with van der Waals surface area (Å²) in [7, 11) is 0. The lowest BCUT2D eigenvalue weighted by atomic mass is 10.1. The van der Waals surface area contributed by atoms with Crippen LogP contribution < -0.4 is 10.1 Å². The fourth-order valence-electron chi connectivity index (χ4n) is 2.34. The van der Waals surface area contributed by atoms with Gasteiger partial charge < -0.3 is 10.1 Å². The summed E-state index contributed by atoms with van der Waals surface area (Å²) < 4.78 is 6.31. The molecule has 0 radical (unpaired) electrons. The van der Waals surface area contributed by atoms with Gasteiger partial charge in [-0.25, -0.2) is 0 Å². The first-order valence-corrected chi connectivity index (χ1v) is 8.61. The van der Waals surface area contributed by atoms with E-state index in [1.807, 2.05) is 24.3 Å². The van der Waals surface area contributed by atoms with Gasteiger partial charge in [0.2, 0.25) is 0 Å². The number of carbonyl (C=O) groups is 1. The number of benzene rings is 3. The van der Waals surface area contributed by atoms with Gasteiger partial charge in [0.25, 0.3) is 5.91 Å². The second-order valence-electron chi connectivity index (χ2n) is 5.32. The van der Waals surface area contributed by atoms with E-state index in [2.05, 4.69) is 45.5 Å². The molecule has 0 saturated heterocycles. The molecule has 24 heavy (non-hydrogen) atoms. The predicted molar refractivity (Wildman–Crippen MR) is 100 cm³/mol. The molecule has 1 amide bonds. The molecule has 0 heterocycles. The van der Waals surface area contributed by atoms with Crippen LogP contribution in [0.4, 0.5) is 0 Å². The van der Waals surface area contributed by atoms with E-state index in [9.17, 15) is 4.79 Å². The summed E-state index contributed by atoms with van der Waals surface area (Å²) in [5.41, 5.74) is 1.05. The van der Waals surface area contributed by atoms with E-state index in [1.165, 1.54) is 5.39 Å². The summed E-state index contributed by atoms with van der Waals surface area (Å²) in [6, 6.07) is 19.5. The molecule has 3 nitrogen and oxygen atoms in total. The molecule has 1 N–H and O–H groups in total. The Balaban J connectivity index is 1.54. The number of hydrogen-bond donors (Lipinski definition) is 1. The van der Waals surface area contributed by atoms with E-state index in [-0.39, 0.29) is 12.5 Å². The summed E-state index contributed by atoms with van der Waals surface area (Å²) >= 11 is 9.38. The lowest BCUT2D eigenvalue weighted by molar-refractivity contribution is -0.123. The van der Waals surface area contributed by atoms with Crippen molar-refractivity contribution in [3.8, 4) is 5.75 Å². The van der Waals surface area contributed by atoms with Gasteiger partial charge in [0.15, 0.2) is 6.61 Å². The largest absolute Gasteiger partial charge is 0.482 e. The molecule has 0 atom stereocenters. The minimum absolute atomic E-state index is 0.0745. The van der Waals surface area contributed by atoms with Crippen molar-refractivity contribution in [1.29, 1.82) is 0 Å². The highest BCUT2D eigenvalue weighted by Gasteiger charge is 2.06. The van der Waals surface area contributed by atoms with Gasteiger partial charge in [0, 0.05) is 11.0 Å². The van der Waals surface area contributed by atoms with Crippen LogP contribution >= 0.6 is 27.5 Å². The van der Waals surface area contributed by atoms with Crippen LogP contribution in [-0.4, -0.2) is 12.5 Å². The van der Waals surface area contributed by atoms with Gasteiger partial charge in [-0.2, -0.15) is 0 Å². The monoisotopic (exact) mass is 403 g/mol. The molecule has 0 saturated carbocycles. The van der Waals surface area contributed by atoms with E-state index >= 15 is 0 Å². The molecule has 0 aliphatic carbocycles. The van der Waals surface area contributed by atoms with Crippen LogP contribution in [0.2, 0.25) is 5.02 Å². The smallest absolute Gasteiger partial charge is 0.258 e. The fraction of sp³-hybridized carbons (Fsp3) is 0.105. The second kappa shape index (κ2) is 7.69. The van der Waals surface area contributed by atoms with Crippen LogP contribution in [0.3, 0.4) is 0 Å². The van der Waals surface area contributed by atoms with Crippen molar-refractivity contribution in [2.24, 2.45) is 0 Å². The number of hydrogen-bond acceptors (Lipinski definition) is 2. The molecular formula is C19H15BrClNO2. The second-order valence-corrected chi connectivity index (χ2v) is 6.64. The van der Waals surface area contributed by atoms with Crippen molar-refractivity contribution in [1.82, 2.24) is 5.32 Å². The maximum atomic E-state index is 11.9. The average molecular weight is 405 g/mol. The minimum atomic E-state index is -0.192. The van der Waals surface area contributed by atoms with E-state index in [0.717, 1.165) is 15.4 Å². The lowest BCUT2D eigenvalue weighted by Crippen LogP contribution is -2.28. The molecule has 3 rings (SSSR count). The first kappa shape index (κ1) is 16.8. The van der Waals surface area contributed by atoms with Crippen LogP contribution in [0.1, 0.15) is 5.56 Å². The van der Waals surface area contributed by atoms with Crippen LogP contribution in [0.15, 0.2) is 65.1 Å². The van der Waals surface area contributed by atoms with E-state index in [1.54, 1.807) is 12.1 Å². The minimum Gasteiger partial charge on any atom is -0.482 e. The molecule has 0 spiro atoms. The zero-order chi connectivity index (χ0) is 16.9.